The Morgan fingerprint density at radius 3 is 2.06 bits per heavy atom. The van der Waals surface area contributed by atoms with Crippen molar-refractivity contribution in [1.29, 1.82) is 0 Å². The van der Waals surface area contributed by atoms with Gasteiger partial charge in [-0.05, 0) is 59.8 Å². The minimum atomic E-state index is -0.339. The Morgan fingerprint density at radius 2 is 1.40 bits per heavy atom. The van der Waals surface area contributed by atoms with Crippen molar-refractivity contribution in [2.24, 2.45) is 0 Å². The lowest BCUT2D eigenvalue weighted by molar-refractivity contribution is -0.123. The zero-order valence-corrected chi connectivity index (χ0v) is 20.0. The van der Waals surface area contributed by atoms with Gasteiger partial charge in [-0.2, -0.15) is 0 Å². The second-order valence-corrected chi connectivity index (χ2v) is 8.41. The highest BCUT2D eigenvalue weighted by Gasteiger charge is 2.34. The number of hydrogen-bond donors (Lipinski definition) is 0. The Labute approximate surface area is 208 Å². The van der Waals surface area contributed by atoms with Crippen LogP contribution in [0.15, 0.2) is 83.8 Å². The van der Waals surface area contributed by atoms with E-state index in [9.17, 15) is 9.59 Å². The van der Waals surface area contributed by atoms with Crippen LogP contribution in [0.25, 0.3) is 6.08 Å². The first-order valence-electron chi connectivity index (χ1n) is 11.1. The molecule has 1 fully saturated rings. The number of thioether (sulfide) groups is 1. The molecule has 1 saturated heterocycles. The van der Waals surface area contributed by atoms with Crippen LogP contribution in [0.1, 0.15) is 5.56 Å². The van der Waals surface area contributed by atoms with Gasteiger partial charge in [0.2, 0.25) is 0 Å². The van der Waals surface area contributed by atoms with Crippen molar-refractivity contribution < 1.29 is 28.5 Å². The molecule has 8 heteroatoms. The molecular formula is C27H25NO6S. The number of ether oxygens (including phenoxy) is 4. The topological polar surface area (TPSA) is 74.3 Å². The normalized spacial score (nSPS) is 14.3. The number of amides is 2. The van der Waals surface area contributed by atoms with E-state index in [1.807, 2.05) is 66.7 Å². The first-order chi connectivity index (χ1) is 17.1. The van der Waals surface area contributed by atoms with Crippen LogP contribution in [-0.2, 0) is 4.79 Å². The fraction of sp³-hybridized carbons (Fsp3) is 0.185. The number of benzene rings is 3. The highest BCUT2D eigenvalue weighted by Crippen LogP contribution is 2.34. The Bertz CT molecular complexity index is 1180. The molecule has 3 aromatic rings. The fourth-order valence-corrected chi connectivity index (χ4v) is 4.20. The standard InChI is InChI=1S/C27H25NO6S/c1-31-24-18-20(12-13-23(24)34-17-16-33-22-10-6-3-7-11-22)19-25-26(29)28(27(30)35-25)14-15-32-21-8-4-2-5-9-21/h2-13,18-19H,14-17H2,1H3/b25-19-. The Hall–Kier alpha value is -3.91. The van der Waals surface area contributed by atoms with Crippen LogP contribution < -0.4 is 18.9 Å². The number of imide groups is 1. The van der Waals surface area contributed by atoms with E-state index in [0.29, 0.717) is 35.4 Å². The first kappa shape index (κ1) is 24.2. The third kappa shape index (κ3) is 6.58. The maximum Gasteiger partial charge on any atom is 0.293 e. The van der Waals surface area contributed by atoms with Crippen LogP contribution in [0.4, 0.5) is 4.79 Å². The number of rotatable bonds is 11. The Morgan fingerprint density at radius 1 is 0.771 bits per heavy atom. The molecule has 2 amide bonds. The maximum atomic E-state index is 12.8. The SMILES string of the molecule is COc1cc(/C=C2\SC(=O)N(CCOc3ccccc3)C2=O)ccc1OCCOc1ccccc1. The van der Waals surface area contributed by atoms with E-state index in [2.05, 4.69) is 0 Å². The van der Waals surface area contributed by atoms with Crippen LogP contribution in [0, 0.1) is 0 Å². The second kappa shape index (κ2) is 12.0. The van der Waals surface area contributed by atoms with Gasteiger partial charge < -0.3 is 18.9 Å². The molecule has 1 aliphatic heterocycles. The molecule has 7 nitrogen and oxygen atoms in total. The van der Waals surface area contributed by atoms with E-state index >= 15 is 0 Å². The van der Waals surface area contributed by atoms with E-state index in [1.165, 1.54) is 4.90 Å². The van der Waals surface area contributed by atoms with E-state index in [-0.39, 0.29) is 24.3 Å². The summed E-state index contributed by atoms with van der Waals surface area (Å²) in [6, 6.07) is 24.1. The summed E-state index contributed by atoms with van der Waals surface area (Å²) in [7, 11) is 1.55. The summed E-state index contributed by atoms with van der Waals surface area (Å²) in [4.78, 5) is 26.7. The van der Waals surface area contributed by atoms with E-state index in [1.54, 1.807) is 25.3 Å². The predicted octanol–water partition coefficient (Wildman–Crippen LogP) is 5.27. The van der Waals surface area contributed by atoms with Crippen molar-refractivity contribution in [2.75, 3.05) is 33.5 Å². The summed E-state index contributed by atoms with van der Waals surface area (Å²) in [5, 5.41) is -0.316. The van der Waals surface area contributed by atoms with Gasteiger partial charge in [0, 0.05) is 0 Å². The lowest BCUT2D eigenvalue weighted by atomic mass is 10.2. The van der Waals surface area contributed by atoms with Crippen molar-refractivity contribution in [3.8, 4) is 23.0 Å². The van der Waals surface area contributed by atoms with E-state index < -0.39 is 0 Å². The Balaban J connectivity index is 1.33. The molecule has 4 rings (SSSR count). The van der Waals surface area contributed by atoms with E-state index in [4.69, 9.17) is 18.9 Å². The molecule has 35 heavy (non-hydrogen) atoms. The molecule has 0 aliphatic carbocycles. The molecular weight excluding hydrogens is 466 g/mol. The molecule has 180 valence electrons. The second-order valence-electron chi connectivity index (χ2n) is 7.42. The van der Waals surface area contributed by atoms with Crippen molar-refractivity contribution in [1.82, 2.24) is 4.90 Å². The zero-order valence-electron chi connectivity index (χ0n) is 19.2. The fourth-order valence-electron chi connectivity index (χ4n) is 3.34. The van der Waals surface area contributed by atoms with Gasteiger partial charge in [0.15, 0.2) is 11.5 Å². The van der Waals surface area contributed by atoms with Crippen LogP contribution in [0.5, 0.6) is 23.0 Å². The van der Waals surface area contributed by atoms with Crippen molar-refractivity contribution in [3.63, 3.8) is 0 Å². The van der Waals surface area contributed by atoms with Crippen LogP contribution in [0.2, 0.25) is 0 Å². The van der Waals surface area contributed by atoms with Gasteiger partial charge in [-0.3, -0.25) is 14.5 Å². The van der Waals surface area contributed by atoms with Gasteiger partial charge in [0.1, 0.15) is 31.3 Å². The first-order valence-corrected chi connectivity index (χ1v) is 11.9. The zero-order chi connectivity index (χ0) is 24.5. The molecule has 0 unspecified atom stereocenters. The molecule has 0 atom stereocenters. The number of nitrogens with zero attached hydrogens (tertiary/aromatic N) is 1. The van der Waals surface area contributed by atoms with Gasteiger partial charge in [0.05, 0.1) is 18.6 Å². The minimum absolute atomic E-state index is 0.179. The smallest absolute Gasteiger partial charge is 0.293 e. The summed E-state index contributed by atoms with van der Waals surface area (Å²) in [5.74, 6) is 2.21. The van der Waals surface area contributed by atoms with Crippen molar-refractivity contribution in [2.45, 2.75) is 0 Å². The number of carbonyl (C=O) groups excluding carboxylic acids is 2. The van der Waals surface area contributed by atoms with Gasteiger partial charge >= 0.3 is 0 Å². The molecule has 0 spiro atoms. The highest BCUT2D eigenvalue weighted by atomic mass is 32.2. The maximum absolute atomic E-state index is 12.8. The molecule has 3 aromatic carbocycles. The van der Waals surface area contributed by atoms with Crippen LogP contribution in [-0.4, -0.2) is 49.5 Å². The van der Waals surface area contributed by atoms with Gasteiger partial charge in [0.25, 0.3) is 11.1 Å². The highest BCUT2D eigenvalue weighted by molar-refractivity contribution is 8.18. The third-order valence-electron chi connectivity index (χ3n) is 5.04. The van der Waals surface area contributed by atoms with Gasteiger partial charge in [-0.15, -0.1) is 0 Å². The molecule has 0 radical (unpaired) electrons. The molecule has 1 aliphatic rings. The quantitative estimate of drug-likeness (QED) is 0.267. The summed E-state index contributed by atoms with van der Waals surface area (Å²) in [6.07, 6.45) is 1.67. The summed E-state index contributed by atoms with van der Waals surface area (Å²) in [5.41, 5.74) is 0.723. The summed E-state index contributed by atoms with van der Waals surface area (Å²) >= 11 is 0.910. The Kier molecular flexibility index (Phi) is 8.30. The van der Waals surface area contributed by atoms with Crippen molar-refractivity contribution >= 4 is 29.0 Å². The average molecular weight is 492 g/mol. The molecule has 1 heterocycles. The molecule has 0 aromatic heterocycles. The van der Waals surface area contributed by atoms with Crippen molar-refractivity contribution in [3.05, 3.63) is 89.3 Å². The van der Waals surface area contributed by atoms with E-state index in [0.717, 1.165) is 23.1 Å². The minimum Gasteiger partial charge on any atom is -0.493 e. The average Bonchev–Trinajstić information content (AvgIpc) is 3.15. The lowest BCUT2D eigenvalue weighted by Crippen LogP contribution is -2.32. The number of methoxy groups -OCH3 is 1. The molecule has 0 N–H and O–H groups in total. The number of para-hydroxylation sites is 2. The van der Waals surface area contributed by atoms with Gasteiger partial charge in [-0.25, -0.2) is 0 Å². The van der Waals surface area contributed by atoms with Crippen LogP contribution in [0.3, 0.4) is 0 Å². The number of carbonyl (C=O) groups is 2. The number of hydrogen-bond acceptors (Lipinski definition) is 7. The van der Waals surface area contributed by atoms with Crippen LogP contribution >= 0.6 is 11.8 Å². The summed E-state index contributed by atoms with van der Waals surface area (Å²) in [6.45, 7) is 1.13. The third-order valence-corrected chi connectivity index (χ3v) is 5.95. The monoisotopic (exact) mass is 491 g/mol. The van der Waals surface area contributed by atoms with Gasteiger partial charge in [-0.1, -0.05) is 42.5 Å². The lowest BCUT2D eigenvalue weighted by Gasteiger charge is -2.13. The largest absolute Gasteiger partial charge is 0.493 e. The predicted molar refractivity (Wildman–Crippen MR) is 135 cm³/mol. The summed E-state index contributed by atoms with van der Waals surface area (Å²) < 4.78 is 22.5. The molecule has 0 saturated carbocycles. The molecule has 0 bridgehead atoms.